The number of hydrogen-bond acceptors (Lipinski definition) is 3. The topological polar surface area (TPSA) is 59.3 Å². The molecule has 140 valence electrons. The van der Waals surface area contributed by atoms with Crippen molar-refractivity contribution in [1.29, 1.82) is 0 Å². The number of hydrogen-bond donors (Lipinski definition) is 1. The summed E-state index contributed by atoms with van der Waals surface area (Å²) in [5.74, 6) is -10.7. The molecule has 0 atom stereocenters. The fraction of sp³-hybridized carbons (Fsp3) is 0.118. The van der Waals surface area contributed by atoms with E-state index in [2.05, 4.69) is 10.1 Å². The molecule has 0 saturated heterocycles. The number of rotatable bonds is 4. The number of carbonyl (C=O) groups excluding carboxylic acids is 1. The van der Waals surface area contributed by atoms with E-state index >= 15 is 0 Å². The second-order valence-electron chi connectivity index (χ2n) is 5.51. The third kappa shape index (κ3) is 3.37. The molecule has 1 aromatic heterocycles. The van der Waals surface area contributed by atoms with Crippen molar-refractivity contribution in [3.8, 4) is 0 Å². The van der Waals surface area contributed by atoms with Crippen LogP contribution in [-0.2, 0) is 11.3 Å². The Kier molecular flexibility index (Phi) is 4.89. The van der Waals surface area contributed by atoms with Crippen LogP contribution in [0.3, 0.4) is 0 Å². The number of nitrogens with one attached hydrogen (secondary N) is 1. The van der Waals surface area contributed by atoms with Crippen LogP contribution in [0, 0.1) is 36.0 Å². The summed E-state index contributed by atoms with van der Waals surface area (Å²) in [6.07, 6.45) is 0.354. The van der Waals surface area contributed by atoms with Gasteiger partial charge in [-0.2, -0.15) is 5.10 Å². The summed E-state index contributed by atoms with van der Waals surface area (Å²) in [5.41, 5.74) is 2.09. The van der Waals surface area contributed by atoms with Crippen molar-refractivity contribution in [3.63, 3.8) is 0 Å². The van der Waals surface area contributed by atoms with Crippen molar-refractivity contribution in [1.82, 2.24) is 15.0 Å². The molecule has 27 heavy (non-hydrogen) atoms. The minimum atomic E-state index is -2.27. The van der Waals surface area contributed by atoms with Crippen molar-refractivity contribution in [3.05, 3.63) is 64.7 Å². The molecule has 3 rings (SSSR count). The second kappa shape index (κ2) is 7.14. The monoisotopic (exact) mass is 382 g/mol. The Balaban J connectivity index is 1.77. The lowest BCUT2D eigenvalue weighted by molar-refractivity contribution is -0.121. The molecule has 0 aliphatic heterocycles. The Morgan fingerprint density at radius 1 is 1.07 bits per heavy atom. The van der Waals surface area contributed by atoms with Crippen LogP contribution in [0.25, 0.3) is 11.0 Å². The number of carbonyl (C=O) groups is 1. The van der Waals surface area contributed by atoms with Crippen LogP contribution in [0.15, 0.2) is 29.4 Å². The first-order valence-electron chi connectivity index (χ1n) is 7.56. The Morgan fingerprint density at radius 3 is 2.33 bits per heavy atom. The van der Waals surface area contributed by atoms with Crippen molar-refractivity contribution < 1.29 is 26.7 Å². The molecule has 0 fully saturated rings. The minimum Gasteiger partial charge on any atom is -0.319 e. The summed E-state index contributed by atoms with van der Waals surface area (Å²) in [4.78, 5) is 16.3. The van der Waals surface area contributed by atoms with Gasteiger partial charge in [0.2, 0.25) is 5.82 Å². The molecule has 0 unspecified atom stereocenters. The standard InChI is InChI=1S/C17H11F5N4O/c1-8-24-10-4-2-3-5-11(10)26(8)7-12(27)25-23-6-9-13(18)15(20)17(22)16(21)14(9)19/h2-6H,7H2,1H3,(H,25,27)/b23-6+. The van der Waals surface area contributed by atoms with Gasteiger partial charge < -0.3 is 4.57 Å². The normalized spacial score (nSPS) is 11.5. The molecule has 0 aliphatic rings. The van der Waals surface area contributed by atoms with Crippen LogP contribution in [-0.4, -0.2) is 21.7 Å². The van der Waals surface area contributed by atoms with E-state index in [9.17, 15) is 26.7 Å². The average Bonchev–Trinajstić information content (AvgIpc) is 2.96. The summed E-state index contributed by atoms with van der Waals surface area (Å²) in [7, 11) is 0. The smallest absolute Gasteiger partial charge is 0.260 e. The van der Waals surface area contributed by atoms with Crippen LogP contribution in [0.2, 0.25) is 0 Å². The van der Waals surface area contributed by atoms with Gasteiger partial charge in [0.05, 0.1) is 22.8 Å². The van der Waals surface area contributed by atoms with Crippen molar-refractivity contribution in [2.75, 3.05) is 0 Å². The zero-order chi connectivity index (χ0) is 19.7. The first kappa shape index (κ1) is 18.5. The molecule has 3 aromatic rings. The highest BCUT2D eigenvalue weighted by atomic mass is 19.2. The molecule has 0 saturated carbocycles. The summed E-state index contributed by atoms with van der Waals surface area (Å²) in [6, 6.07) is 7.06. The predicted octanol–water partition coefficient (Wildman–Crippen LogP) is 3.19. The number of aryl methyl sites for hydroxylation is 1. The average molecular weight is 382 g/mol. The number of halogens is 5. The molecule has 1 heterocycles. The van der Waals surface area contributed by atoms with Crippen LogP contribution in [0.5, 0.6) is 0 Å². The first-order chi connectivity index (χ1) is 12.8. The van der Waals surface area contributed by atoms with E-state index in [1.54, 1.807) is 35.8 Å². The highest BCUT2D eigenvalue weighted by molar-refractivity contribution is 5.84. The molecule has 1 N–H and O–H groups in total. The molecule has 0 aliphatic carbocycles. The van der Waals surface area contributed by atoms with Gasteiger partial charge in [-0.3, -0.25) is 4.79 Å². The van der Waals surface area contributed by atoms with Crippen molar-refractivity contribution in [2.24, 2.45) is 5.10 Å². The second-order valence-corrected chi connectivity index (χ2v) is 5.51. The minimum absolute atomic E-state index is 0.208. The van der Waals surface area contributed by atoms with Crippen LogP contribution < -0.4 is 5.43 Å². The number of nitrogens with zero attached hydrogens (tertiary/aromatic N) is 3. The van der Waals surface area contributed by atoms with E-state index in [0.29, 0.717) is 23.1 Å². The van der Waals surface area contributed by atoms with E-state index in [0.717, 1.165) is 0 Å². The van der Waals surface area contributed by atoms with E-state index in [4.69, 9.17) is 0 Å². The summed E-state index contributed by atoms with van der Waals surface area (Å²) in [6.45, 7) is 1.48. The number of amides is 1. The summed E-state index contributed by atoms with van der Waals surface area (Å²) < 4.78 is 67.8. The number of fused-ring (bicyclic) bond motifs is 1. The number of para-hydroxylation sites is 2. The molecule has 2 aromatic carbocycles. The van der Waals surface area contributed by atoms with Gasteiger partial charge in [0, 0.05) is 0 Å². The van der Waals surface area contributed by atoms with Crippen molar-refractivity contribution >= 4 is 23.2 Å². The highest BCUT2D eigenvalue weighted by Crippen LogP contribution is 2.21. The number of imidazole rings is 1. The zero-order valence-corrected chi connectivity index (χ0v) is 13.7. The van der Waals surface area contributed by atoms with Gasteiger partial charge in [-0.25, -0.2) is 32.4 Å². The maximum Gasteiger partial charge on any atom is 0.260 e. The van der Waals surface area contributed by atoms with Gasteiger partial charge in [0.25, 0.3) is 5.91 Å². The van der Waals surface area contributed by atoms with E-state index in [-0.39, 0.29) is 6.54 Å². The maximum atomic E-state index is 13.5. The SMILES string of the molecule is Cc1nc2ccccc2n1CC(=O)N/N=C/c1c(F)c(F)c(F)c(F)c1F. The quantitative estimate of drug-likeness (QED) is 0.248. The summed E-state index contributed by atoms with van der Waals surface area (Å²) in [5, 5.41) is 3.27. The van der Waals surface area contributed by atoms with Crippen LogP contribution in [0.1, 0.15) is 11.4 Å². The molecule has 5 nitrogen and oxygen atoms in total. The molecule has 0 bridgehead atoms. The maximum absolute atomic E-state index is 13.5. The van der Waals surface area contributed by atoms with Gasteiger partial charge in [0.1, 0.15) is 12.4 Å². The summed E-state index contributed by atoms with van der Waals surface area (Å²) >= 11 is 0. The van der Waals surface area contributed by atoms with E-state index in [1.165, 1.54) is 0 Å². The van der Waals surface area contributed by atoms with Gasteiger partial charge in [0.15, 0.2) is 23.3 Å². The lowest BCUT2D eigenvalue weighted by atomic mass is 10.2. The molecule has 0 spiro atoms. The van der Waals surface area contributed by atoms with Crippen LogP contribution in [0.4, 0.5) is 22.0 Å². The largest absolute Gasteiger partial charge is 0.319 e. The Bertz CT molecular complexity index is 1050. The van der Waals surface area contributed by atoms with E-state index in [1.807, 2.05) is 5.43 Å². The molecular formula is C17H11F5N4O. The lowest BCUT2D eigenvalue weighted by Gasteiger charge is -2.06. The van der Waals surface area contributed by atoms with Gasteiger partial charge in [-0.05, 0) is 19.1 Å². The van der Waals surface area contributed by atoms with Gasteiger partial charge in [-0.1, -0.05) is 12.1 Å². The number of aromatic nitrogens is 2. The number of benzene rings is 2. The Labute approximate surface area is 149 Å². The molecule has 10 heteroatoms. The van der Waals surface area contributed by atoms with Gasteiger partial charge >= 0.3 is 0 Å². The fourth-order valence-electron chi connectivity index (χ4n) is 2.48. The zero-order valence-electron chi connectivity index (χ0n) is 13.7. The Hall–Kier alpha value is -3.30. The third-order valence-corrected chi connectivity index (χ3v) is 3.77. The third-order valence-electron chi connectivity index (χ3n) is 3.77. The lowest BCUT2D eigenvalue weighted by Crippen LogP contribution is -2.24. The molecule has 1 amide bonds. The molecule has 0 radical (unpaired) electrons. The predicted molar refractivity (Wildman–Crippen MR) is 86.4 cm³/mol. The number of hydrazone groups is 1. The highest BCUT2D eigenvalue weighted by Gasteiger charge is 2.24. The molecular weight excluding hydrogens is 371 g/mol. The fourth-order valence-corrected chi connectivity index (χ4v) is 2.48. The van der Waals surface area contributed by atoms with E-state index < -0.39 is 40.6 Å². The Morgan fingerprint density at radius 2 is 1.67 bits per heavy atom. The van der Waals surface area contributed by atoms with Crippen LogP contribution >= 0.6 is 0 Å². The first-order valence-corrected chi connectivity index (χ1v) is 7.56. The van der Waals surface area contributed by atoms with Crippen molar-refractivity contribution in [2.45, 2.75) is 13.5 Å². The van der Waals surface area contributed by atoms with Gasteiger partial charge in [-0.15, -0.1) is 0 Å².